The Hall–Kier alpha value is -0.760. The lowest BCUT2D eigenvalue weighted by Crippen LogP contribution is -2.24. The molecule has 0 bridgehead atoms. The molecule has 0 radical (unpaired) electrons. The van der Waals surface area contributed by atoms with E-state index in [1.807, 2.05) is 0 Å². The first-order valence-corrected chi connectivity index (χ1v) is 7.24. The molecule has 0 spiro atoms. The van der Waals surface area contributed by atoms with Crippen LogP contribution in [0.1, 0.15) is 6.42 Å². The Bertz CT molecular complexity index is 346. The zero-order valence-electron chi connectivity index (χ0n) is 7.98. The standard InChI is InChI=1S/C6H11O8PS/c7-5(8)1-4(6(9)10)2-16(14)3-15(11,12)13/h4H,1-3H2,(H,7,8)(H,9,10)(H2,11,12,13)/t4-,16+/m1/s1. The minimum absolute atomic E-state index is 0.591. The zero-order valence-corrected chi connectivity index (χ0v) is 9.69. The zero-order chi connectivity index (χ0) is 12.9. The van der Waals surface area contributed by atoms with Crippen LogP contribution in [0.15, 0.2) is 0 Å². The first-order valence-electron chi connectivity index (χ1n) is 3.96. The Balaban J connectivity index is 4.41. The van der Waals surface area contributed by atoms with E-state index in [9.17, 15) is 18.4 Å². The van der Waals surface area contributed by atoms with Crippen LogP contribution in [-0.2, 0) is 25.0 Å². The van der Waals surface area contributed by atoms with Crippen LogP contribution < -0.4 is 0 Å². The molecule has 0 aromatic carbocycles. The van der Waals surface area contributed by atoms with E-state index in [2.05, 4.69) is 0 Å². The van der Waals surface area contributed by atoms with Crippen molar-refractivity contribution in [3.8, 4) is 0 Å². The maximum absolute atomic E-state index is 11.1. The van der Waals surface area contributed by atoms with Gasteiger partial charge >= 0.3 is 19.5 Å². The number of aliphatic carboxylic acids is 2. The highest BCUT2D eigenvalue weighted by atomic mass is 32.2. The van der Waals surface area contributed by atoms with Crippen molar-refractivity contribution < 1.29 is 38.4 Å². The molecule has 0 rings (SSSR count). The highest BCUT2D eigenvalue weighted by Crippen LogP contribution is 2.35. The van der Waals surface area contributed by atoms with Crippen LogP contribution in [0.2, 0.25) is 0 Å². The average molecular weight is 274 g/mol. The molecule has 0 aromatic rings. The van der Waals surface area contributed by atoms with Gasteiger partial charge < -0.3 is 20.0 Å². The molecule has 0 saturated carbocycles. The highest BCUT2D eigenvalue weighted by Gasteiger charge is 2.26. The number of hydrogen-bond donors (Lipinski definition) is 4. The lowest BCUT2D eigenvalue weighted by Gasteiger charge is -2.09. The Morgan fingerprint density at radius 2 is 1.75 bits per heavy atom. The fourth-order valence-corrected chi connectivity index (χ4v) is 3.52. The van der Waals surface area contributed by atoms with Crippen molar-refractivity contribution in [2.75, 3.05) is 11.2 Å². The van der Waals surface area contributed by atoms with E-state index < -0.39 is 53.9 Å². The van der Waals surface area contributed by atoms with E-state index in [0.717, 1.165) is 0 Å². The Morgan fingerprint density at radius 1 is 1.25 bits per heavy atom. The van der Waals surface area contributed by atoms with Gasteiger partial charge in [-0.05, 0) is 0 Å². The van der Waals surface area contributed by atoms with Crippen LogP contribution in [0.25, 0.3) is 0 Å². The van der Waals surface area contributed by atoms with Crippen LogP contribution in [-0.4, -0.2) is 47.4 Å². The highest BCUT2D eigenvalue weighted by molar-refractivity contribution is 7.92. The summed E-state index contributed by atoms with van der Waals surface area (Å²) in [5.41, 5.74) is -0.962. The molecule has 8 nitrogen and oxygen atoms in total. The third-order valence-electron chi connectivity index (χ3n) is 1.47. The summed E-state index contributed by atoms with van der Waals surface area (Å²) in [6.07, 6.45) is -0.734. The summed E-state index contributed by atoms with van der Waals surface area (Å²) in [5.74, 6) is -4.83. The largest absolute Gasteiger partial charge is 0.481 e. The number of carboxylic acid groups (broad SMARTS) is 2. The van der Waals surface area contributed by atoms with Gasteiger partial charge in [0, 0.05) is 16.6 Å². The average Bonchev–Trinajstić information content (AvgIpc) is 1.97. The van der Waals surface area contributed by atoms with E-state index in [4.69, 9.17) is 20.0 Å². The maximum atomic E-state index is 11.1. The molecule has 0 amide bonds. The first kappa shape index (κ1) is 15.2. The monoisotopic (exact) mass is 274 g/mol. The molecule has 16 heavy (non-hydrogen) atoms. The minimum Gasteiger partial charge on any atom is -0.481 e. The number of carboxylic acids is 2. The Morgan fingerprint density at radius 3 is 2.06 bits per heavy atom. The Labute approximate surface area is 92.9 Å². The summed E-state index contributed by atoms with van der Waals surface area (Å²) >= 11 is 0. The molecule has 10 heteroatoms. The van der Waals surface area contributed by atoms with Gasteiger partial charge in [0.15, 0.2) is 0 Å². The summed E-state index contributed by atoms with van der Waals surface area (Å²) in [6, 6.07) is 0. The van der Waals surface area contributed by atoms with Crippen molar-refractivity contribution in [3.05, 3.63) is 0 Å². The van der Waals surface area contributed by atoms with Gasteiger partial charge in [-0.25, -0.2) is 0 Å². The summed E-state index contributed by atoms with van der Waals surface area (Å²) in [7, 11) is -6.55. The van der Waals surface area contributed by atoms with Gasteiger partial charge in [-0.2, -0.15) is 0 Å². The van der Waals surface area contributed by atoms with Crippen molar-refractivity contribution in [2.45, 2.75) is 6.42 Å². The molecular weight excluding hydrogens is 263 g/mol. The lowest BCUT2D eigenvalue weighted by molar-refractivity contribution is -0.147. The second-order valence-electron chi connectivity index (χ2n) is 3.03. The number of carbonyl (C=O) groups is 2. The van der Waals surface area contributed by atoms with E-state index in [-0.39, 0.29) is 0 Å². The van der Waals surface area contributed by atoms with Crippen LogP contribution in [0.5, 0.6) is 0 Å². The smallest absolute Gasteiger partial charge is 0.337 e. The van der Waals surface area contributed by atoms with Gasteiger partial charge in [-0.1, -0.05) is 0 Å². The summed E-state index contributed by atoms with van der Waals surface area (Å²) in [5, 5.41) is 16.9. The molecule has 0 unspecified atom stereocenters. The molecule has 0 heterocycles. The molecular formula is C6H11O8PS. The van der Waals surface area contributed by atoms with E-state index in [1.165, 1.54) is 0 Å². The molecule has 0 aliphatic carbocycles. The quantitative estimate of drug-likeness (QED) is 0.434. The third kappa shape index (κ3) is 7.52. The minimum atomic E-state index is -4.48. The molecule has 0 aliphatic rings. The van der Waals surface area contributed by atoms with Crippen LogP contribution >= 0.6 is 7.60 Å². The second-order valence-corrected chi connectivity index (χ2v) is 6.61. The summed E-state index contributed by atoms with van der Waals surface area (Å²) < 4.78 is 21.6. The third-order valence-corrected chi connectivity index (χ3v) is 4.74. The predicted octanol–water partition coefficient (Wildman–Crippen LogP) is -0.954. The van der Waals surface area contributed by atoms with Crippen molar-refractivity contribution in [2.24, 2.45) is 5.92 Å². The van der Waals surface area contributed by atoms with Gasteiger partial charge in [-0.15, -0.1) is 0 Å². The van der Waals surface area contributed by atoms with Crippen molar-refractivity contribution in [3.63, 3.8) is 0 Å². The van der Waals surface area contributed by atoms with Crippen LogP contribution in [0, 0.1) is 5.92 Å². The second kappa shape index (κ2) is 6.09. The molecule has 4 N–H and O–H groups in total. The fraction of sp³-hybridized carbons (Fsp3) is 0.667. The molecule has 0 aliphatic heterocycles. The molecule has 0 aromatic heterocycles. The van der Waals surface area contributed by atoms with Crippen molar-refractivity contribution in [1.29, 1.82) is 0 Å². The number of hydrogen-bond acceptors (Lipinski definition) is 4. The first-order chi connectivity index (χ1) is 7.11. The van der Waals surface area contributed by atoms with Gasteiger partial charge in [-0.3, -0.25) is 18.4 Å². The maximum Gasteiger partial charge on any atom is 0.337 e. The lowest BCUT2D eigenvalue weighted by atomic mass is 10.1. The van der Waals surface area contributed by atoms with Crippen LogP contribution in [0.3, 0.4) is 0 Å². The van der Waals surface area contributed by atoms with Crippen molar-refractivity contribution >= 4 is 30.3 Å². The van der Waals surface area contributed by atoms with Crippen molar-refractivity contribution in [1.82, 2.24) is 0 Å². The predicted molar refractivity (Wildman–Crippen MR) is 53.3 cm³/mol. The van der Waals surface area contributed by atoms with E-state index >= 15 is 0 Å². The normalized spacial score (nSPS) is 15.4. The van der Waals surface area contributed by atoms with Gasteiger partial charge in [0.1, 0.15) is 5.49 Å². The fourth-order valence-electron chi connectivity index (χ4n) is 0.893. The van der Waals surface area contributed by atoms with Gasteiger partial charge in [0.25, 0.3) is 0 Å². The summed E-state index contributed by atoms with van der Waals surface area (Å²) in [4.78, 5) is 37.8. The molecule has 0 fully saturated rings. The van der Waals surface area contributed by atoms with E-state index in [1.54, 1.807) is 0 Å². The topological polar surface area (TPSA) is 149 Å². The van der Waals surface area contributed by atoms with Gasteiger partial charge in [0.05, 0.1) is 12.3 Å². The number of rotatable bonds is 7. The molecule has 0 saturated heterocycles. The molecule has 2 atom stereocenters. The Kier molecular flexibility index (Phi) is 5.80. The van der Waals surface area contributed by atoms with E-state index in [0.29, 0.717) is 0 Å². The van der Waals surface area contributed by atoms with Crippen LogP contribution in [0.4, 0.5) is 0 Å². The SMILES string of the molecule is O=C(O)C[C@H](C[S@](=O)CP(=O)(O)O)C(=O)O. The summed E-state index contributed by atoms with van der Waals surface area (Å²) in [6.45, 7) is 0. The molecule has 94 valence electrons. The van der Waals surface area contributed by atoms with Gasteiger partial charge in [0.2, 0.25) is 0 Å².